The van der Waals surface area contributed by atoms with Crippen LogP contribution in [0.1, 0.15) is 31.4 Å². The van der Waals surface area contributed by atoms with Crippen LogP contribution in [0.2, 0.25) is 5.02 Å². The van der Waals surface area contributed by atoms with E-state index >= 15 is 0 Å². The first-order valence-electron chi connectivity index (χ1n) is 8.61. The second-order valence-electron chi connectivity index (χ2n) is 6.13. The van der Waals surface area contributed by atoms with Crippen molar-refractivity contribution in [3.8, 4) is 5.75 Å². The number of carbonyl (C=O) groups excluding carboxylic acids is 1. The molecule has 2 aromatic carbocycles. The van der Waals surface area contributed by atoms with Gasteiger partial charge in [-0.15, -0.1) is 0 Å². The van der Waals surface area contributed by atoms with E-state index in [1.807, 2.05) is 26.0 Å². The molecular weight excluding hydrogens is 384 g/mol. The molecule has 3 rings (SSSR count). The van der Waals surface area contributed by atoms with Crippen LogP contribution >= 0.6 is 11.6 Å². The Morgan fingerprint density at radius 1 is 1.32 bits per heavy atom. The van der Waals surface area contributed by atoms with Crippen molar-refractivity contribution in [1.29, 1.82) is 0 Å². The highest BCUT2D eigenvalue weighted by atomic mass is 35.5. The van der Waals surface area contributed by atoms with Crippen molar-refractivity contribution in [2.24, 2.45) is 4.99 Å². The van der Waals surface area contributed by atoms with Crippen LogP contribution in [-0.4, -0.2) is 22.9 Å². The van der Waals surface area contributed by atoms with Crippen LogP contribution in [0.3, 0.4) is 0 Å². The van der Waals surface area contributed by atoms with E-state index in [1.165, 1.54) is 18.2 Å². The average Bonchev–Trinajstić information content (AvgIpc) is 3.03. The first kappa shape index (κ1) is 19.6. The number of nitrogens with zero attached hydrogens (tertiary/aromatic N) is 2. The number of cyclic esters (lactones) is 1. The minimum Gasteiger partial charge on any atom is -0.490 e. The van der Waals surface area contributed by atoms with Crippen LogP contribution in [0.4, 0.5) is 5.69 Å². The van der Waals surface area contributed by atoms with Gasteiger partial charge in [-0.25, -0.2) is 9.79 Å². The summed E-state index contributed by atoms with van der Waals surface area (Å²) >= 11 is 6.10. The maximum Gasteiger partial charge on any atom is 0.363 e. The van der Waals surface area contributed by atoms with E-state index in [0.29, 0.717) is 11.3 Å². The summed E-state index contributed by atoms with van der Waals surface area (Å²) in [5, 5.41) is 11.2. The predicted octanol–water partition coefficient (Wildman–Crippen LogP) is 4.77. The average molecular weight is 401 g/mol. The second-order valence-corrected chi connectivity index (χ2v) is 6.54. The fourth-order valence-corrected chi connectivity index (χ4v) is 2.67. The van der Waals surface area contributed by atoms with Crippen LogP contribution in [0.5, 0.6) is 5.75 Å². The summed E-state index contributed by atoms with van der Waals surface area (Å²) in [4.78, 5) is 26.9. The van der Waals surface area contributed by atoms with Gasteiger partial charge >= 0.3 is 5.97 Å². The maximum atomic E-state index is 12.3. The Kier molecular flexibility index (Phi) is 5.75. The number of non-ortho nitro benzene ring substituents is 1. The molecule has 0 bridgehead atoms. The van der Waals surface area contributed by atoms with Crippen LogP contribution in [0, 0.1) is 10.1 Å². The fourth-order valence-electron chi connectivity index (χ4n) is 2.47. The number of hydrogen-bond donors (Lipinski definition) is 0. The first-order valence-corrected chi connectivity index (χ1v) is 8.99. The number of nitro groups is 1. The van der Waals surface area contributed by atoms with Gasteiger partial charge in [0.1, 0.15) is 5.75 Å². The highest BCUT2D eigenvalue weighted by Crippen LogP contribution is 2.29. The van der Waals surface area contributed by atoms with Crippen LogP contribution in [0.15, 0.2) is 53.2 Å². The monoisotopic (exact) mass is 400 g/mol. The molecule has 0 saturated carbocycles. The second kappa shape index (κ2) is 8.22. The van der Waals surface area contributed by atoms with Gasteiger partial charge in [-0.3, -0.25) is 10.1 Å². The summed E-state index contributed by atoms with van der Waals surface area (Å²) in [6, 6.07) is 11.1. The Morgan fingerprint density at radius 3 is 2.79 bits per heavy atom. The largest absolute Gasteiger partial charge is 0.490 e. The molecule has 28 heavy (non-hydrogen) atoms. The molecule has 2 aromatic rings. The highest BCUT2D eigenvalue weighted by molar-refractivity contribution is 6.34. The van der Waals surface area contributed by atoms with Gasteiger partial charge in [-0.05, 0) is 31.6 Å². The van der Waals surface area contributed by atoms with Gasteiger partial charge in [-0.1, -0.05) is 36.7 Å². The molecule has 0 aliphatic carbocycles. The van der Waals surface area contributed by atoms with E-state index in [9.17, 15) is 14.9 Å². The van der Waals surface area contributed by atoms with E-state index in [4.69, 9.17) is 21.1 Å². The van der Waals surface area contributed by atoms with Gasteiger partial charge in [0.15, 0.2) is 5.70 Å². The van der Waals surface area contributed by atoms with Crippen LogP contribution in [-0.2, 0) is 9.53 Å². The molecule has 0 aromatic heterocycles. The van der Waals surface area contributed by atoms with Crippen molar-refractivity contribution in [1.82, 2.24) is 0 Å². The molecule has 0 radical (unpaired) electrons. The van der Waals surface area contributed by atoms with E-state index in [0.717, 1.165) is 6.42 Å². The van der Waals surface area contributed by atoms with Crippen molar-refractivity contribution in [2.75, 3.05) is 0 Å². The minimum atomic E-state index is -0.670. The van der Waals surface area contributed by atoms with Gasteiger partial charge in [0.05, 0.1) is 21.6 Å². The molecule has 0 saturated heterocycles. The Hall–Kier alpha value is -3.19. The Balaban J connectivity index is 1.97. The van der Waals surface area contributed by atoms with Crippen molar-refractivity contribution >= 4 is 35.2 Å². The molecular formula is C20H17ClN2O5. The summed E-state index contributed by atoms with van der Waals surface area (Å²) in [5.41, 5.74) is 0.724. The number of esters is 1. The van der Waals surface area contributed by atoms with Gasteiger partial charge in [0.25, 0.3) is 5.69 Å². The lowest BCUT2D eigenvalue weighted by Gasteiger charge is -2.14. The molecule has 1 aliphatic heterocycles. The smallest absolute Gasteiger partial charge is 0.363 e. The lowest BCUT2D eigenvalue weighted by Crippen LogP contribution is -2.10. The highest BCUT2D eigenvalue weighted by Gasteiger charge is 2.27. The minimum absolute atomic E-state index is 0.0119. The molecule has 0 fully saturated rings. The van der Waals surface area contributed by atoms with Crippen molar-refractivity contribution in [3.05, 3.63) is 74.4 Å². The quantitative estimate of drug-likeness (QED) is 0.301. The summed E-state index contributed by atoms with van der Waals surface area (Å²) in [6.07, 6.45) is 2.40. The molecule has 1 aliphatic rings. The summed E-state index contributed by atoms with van der Waals surface area (Å²) in [6.45, 7) is 3.97. The molecule has 1 atom stereocenters. The van der Waals surface area contributed by atoms with E-state index in [1.54, 1.807) is 18.2 Å². The Morgan fingerprint density at radius 2 is 2.07 bits per heavy atom. The third kappa shape index (κ3) is 4.20. The lowest BCUT2D eigenvalue weighted by molar-refractivity contribution is -0.384. The van der Waals surface area contributed by atoms with Crippen molar-refractivity contribution in [2.45, 2.75) is 26.4 Å². The van der Waals surface area contributed by atoms with E-state index in [-0.39, 0.29) is 34.0 Å². The third-order valence-electron chi connectivity index (χ3n) is 4.13. The molecule has 7 nitrogen and oxygen atoms in total. The topological polar surface area (TPSA) is 91.0 Å². The number of hydrogen-bond acceptors (Lipinski definition) is 6. The predicted molar refractivity (Wildman–Crippen MR) is 106 cm³/mol. The standard InChI is InChI=1S/C20H17ClN2O5/c1-3-12(2)27-18-7-5-4-6-13(18)10-17-20(24)28-19(22-17)15-11-14(23(25)26)8-9-16(15)21/h4-12H,3H2,1-2H3/b17-10-. The number of nitro benzene ring substituents is 1. The Bertz CT molecular complexity index is 1000. The molecule has 1 heterocycles. The molecule has 144 valence electrons. The molecule has 0 amide bonds. The fraction of sp³-hybridized carbons (Fsp3) is 0.200. The summed E-state index contributed by atoms with van der Waals surface area (Å²) in [5.74, 6) is -0.129. The SMILES string of the molecule is CCC(C)Oc1ccccc1/C=C1\N=C(c2cc([N+](=O)[O-])ccc2Cl)OC1=O. The first-order chi connectivity index (χ1) is 13.4. The normalized spacial score (nSPS) is 15.9. The lowest BCUT2D eigenvalue weighted by atomic mass is 10.1. The van der Waals surface area contributed by atoms with Crippen molar-refractivity contribution < 1.29 is 19.2 Å². The van der Waals surface area contributed by atoms with Gasteiger partial charge in [0.2, 0.25) is 5.90 Å². The number of carbonyl (C=O) groups is 1. The molecule has 0 N–H and O–H groups in total. The zero-order valence-corrected chi connectivity index (χ0v) is 16.0. The maximum absolute atomic E-state index is 12.3. The molecule has 0 spiro atoms. The molecule has 8 heteroatoms. The van der Waals surface area contributed by atoms with Crippen LogP contribution in [0.25, 0.3) is 6.08 Å². The summed E-state index contributed by atoms with van der Waals surface area (Å²) < 4.78 is 11.1. The van der Waals surface area contributed by atoms with Gasteiger partial charge in [-0.2, -0.15) is 0 Å². The van der Waals surface area contributed by atoms with Crippen molar-refractivity contribution in [3.63, 3.8) is 0 Å². The number of halogens is 1. The Labute approximate surface area is 166 Å². The number of para-hydroxylation sites is 1. The van der Waals surface area contributed by atoms with E-state index < -0.39 is 10.9 Å². The number of rotatable bonds is 6. The zero-order chi connectivity index (χ0) is 20.3. The van der Waals surface area contributed by atoms with Gasteiger partial charge in [0, 0.05) is 17.7 Å². The molecule has 1 unspecified atom stereocenters. The number of benzene rings is 2. The third-order valence-corrected chi connectivity index (χ3v) is 4.46. The number of aliphatic imine (C=N–C) groups is 1. The number of ether oxygens (including phenoxy) is 2. The van der Waals surface area contributed by atoms with E-state index in [2.05, 4.69) is 4.99 Å². The summed E-state index contributed by atoms with van der Waals surface area (Å²) in [7, 11) is 0. The van der Waals surface area contributed by atoms with Gasteiger partial charge < -0.3 is 9.47 Å². The zero-order valence-electron chi connectivity index (χ0n) is 15.2. The van der Waals surface area contributed by atoms with Crippen LogP contribution < -0.4 is 4.74 Å².